The first-order chi connectivity index (χ1) is 12.8. The second-order valence-corrected chi connectivity index (χ2v) is 6.62. The molecule has 0 aliphatic heterocycles. The zero-order valence-corrected chi connectivity index (χ0v) is 15.2. The maximum absolute atomic E-state index is 14.1. The Morgan fingerprint density at radius 2 is 2.00 bits per heavy atom. The molecule has 2 amide bonds. The zero-order chi connectivity index (χ0) is 19.6. The van der Waals surface area contributed by atoms with Crippen molar-refractivity contribution >= 4 is 51.8 Å². The minimum absolute atomic E-state index is 0.162. The Morgan fingerprint density at radius 3 is 2.70 bits per heavy atom. The van der Waals surface area contributed by atoms with Gasteiger partial charge in [0.15, 0.2) is 0 Å². The fourth-order valence-corrected chi connectivity index (χ4v) is 3.15. The van der Waals surface area contributed by atoms with Gasteiger partial charge < -0.3 is 25.5 Å². The van der Waals surface area contributed by atoms with Crippen LogP contribution in [0.5, 0.6) is 0 Å². The SMILES string of the molecule is O=C(Nc1ccc(Cl)cc1Cl)NC(Cc1c[nH]c2cccc(F)c12)C(=O)[O-]. The van der Waals surface area contributed by atoms with Gasteiger partial charge in [0, 0.05) is 28.5 Å². The molecular formula is C18H13Cl2FN3O3-. The number of aliphatic carboxylic acids is 1. The summed E-state index contributed by atoms with van der Waals surface area (Å²) < 4.78 is 14.1. The van der Waals surface area contributed by atoms with E-state index < -0.39 is 23.9 Å². The van der Waals surface area contributed by atoms with Crippen LogP contribution in [-0.2, 0) is 11.2 Å². The van der Waals surface area contributed by atoms with E-state index in [4.69, 9.17) is 23.2 Å². The van der Waals surface area contributed by atoms with Crippen LogP contribution in [0.3, 0.4) is 0 Å². The lowest BCUT2D eigenvalue weighted by Crippen LogP contribution is -2.50. The summed E-state index contributed by atoms with van der Waals surface area (Å²) >= 11 is 11.8. The number of H-pyrrole nitrogens is 1. The van der Waals surface area contributed by atoms with Crippen LogP contribution in [0.25, 0.3) is 10.9 Å². The molecule has 3 N–H and O–H groups in total. The van der Waals surface area contributed by atoms with Crippen molar-refractivity contribution in [3.8, 4) is 0 Å². The normalized spacial score (nSPS) is 12.0. The molecule has 0 aliphatic rings. The van der Waals surface area contributed by atoms with E-state index in [-0.39, 0.29) is 22.5 Å². The number of nitrogens with one attached hydrogen (secondary N) is 3. The van der Waals surface area contributed by atoms with Crippen molar-refractivity contribution in [2.24, 2.45) is 0 Å². The molecule has 2 aromatic carbocycles. The Balaban J connectivity index is 1.75. The summed E-state index contributed by atoms with van der Waals surface area (Å²) in [6.45, 7) is 0. The van der Waals surface area contributed by atoms with Crippen molar-refractivity contribution in [3.05, 3.63) is 64.0 Å². The molecule has 0 bridgehead atoms. The number of halogens is 3. The molecule has 1 atom stereocenters. The maximum atomic E-state index is 14.1. The third-order valence-electron chi connectivity index (χ3n) is 3.93. The molecule has 27 heavy (non-hydrogen) atoms. The highest BCUT2D eigenvalue weighted by Crippen LogP contribution is 2.25. The summed E-state index contributed by atoms with van der Waals surface area (Å²) in [5.41, 5.74) is 1.19. The highest BCUT2D eigenvalue weighted by molar-refractivity contribution is 6.36. The van der Waals surface area contributed by atoms with Crippen molar-refractivity contribution in [1.82, 2.24) is 10.3 Å². The van der Waals surface area contributed by atoms with Gasteiger partial charge in [-0.15, -0.1) is 0 Å². The van der Waals surface area contributed by atoms with Crippen molar-refractivity contribution in [3.63, 3.8) is 0 Å². The lowest BCUT2D eigenvalue weighted by atomic mass is 10.0. The van der Waals surface area contributed by atoms with E-state index >= 15 is 0 Å². The number of carbonyl (C=O) groups excluding carboxylic acids is 2. The molecule has 0 spiro atoms. The van der Waals surface area contributed by atoms with Gasteiger partial charge in [-0.05, 0) is 35.9 Å². The molecule has 3 aromatic rings. The predicted octanol–water partition coefficient (Wildman–Crippen LogP) is 3.10. The lowest BCUT2D eigenvalue weighted by molar-refractivity contribution is -0.308. The van der Waals surface area contributed by atoms with Gasteiger partial charge in [-0.1, -0.05) is 29.3 Å². The lowest BCUT2D eigenvalue weighted by Gasteiger charge is -2.20. The van der Waals surface area contributed by atoms with Crippen LogP contribution in [-0.4, -0.2) is 23.0 Å². The van der Waals surface area contributed by atoms with Gasteiger partial charge in [0.1, 0.15) is 5.82 Å². The van der Waals surface area contributed by atoms with Crippen LogP contribution in [0.4, 0.5) is 14.9 Å². The quantitative estimate of drug-likeness (QED) is 0.604. The summed E-state index contributed by atoms with van der Waals surface area (Å²) in [6, 6.07) is 6.74. The van der Waals surface area contributed by atoms with Crippen LogP contribution in [0, 0.1) is 5.82 Å². The fourth-order valence-electron chi connectivity index (χ4n) is 2.69. The number of benzene rings is 2. The minimum Gasteiger partial charge on any atom is -0.548 e. The van der Waals surface area contributed by atoms with Crippen LogP contribution in [0.15, 0.2) is 42.6 Å². The molecule has 3 rings (SSSR count). The summed E-state index contributed by atoms with van der Waals surface area (Å²) in [5, 5.41) is 17.0. The van der Waals surface area contributed by atoms with Gasteiger partial charge in [-0.25, -0.2) is 9.18 Å². The van der Waals surface area contributed by atoms with Gasteiger partial charge in [-0.2, -0.15) is 0 Å². The molecule has 0 aliphatic carbocycles. The molecule has 0 saturated heterocycles. The molecule has 0 radical (unpaired) electrons. The number of carboxylic acids is 1. The number of anilines is 1. The van der Waals surface area contributed by atoms with Crippen molar-refractivity contribution in [2.45, 2.75) is 12.5 Å². The second kappa shape index (κ2) is 7.85. The van der Waals surface area contributed by atoms with Gasteiger partial charge in [0.05, 0.1) is 22.7 Å². The largest absolute Gasteiger partial charge is 0.548 e. The highest BCUT2D eigenvalue weighted by Gasteiger charge is 2.18. The van der Waals surface area contributed by atoms with E-state index in [0.717, 1.165) is 0 Å². The summed E-state index contributed by atoms with van der Waals surface area (Å²) in [5.74, 6) is -1.99. The van der Waals surface area contributed by atoms with Gasteiger partial charge in [0.2, 0.25) is 0 Å². The fraction of sp³-hybridized carbons (Fsp3) is 0.111. The van der Waals surface area contributed by atoms with E-state index in [9.17, 15) is 19.1 Å². The Morgan fingerprint density at radius 1 is 1.22 bits per heavy atom. The molecule has 1 unspecified atom stereocenters. The summed E-state index contributed by atoms with van der Waals surface area (Å²) in [4.78, 5) is 26.4. The number of carboxylic acid groups (broad SMARTS) is 1. The Labute approximate surface area is 163 Å². The van der Waals surface area contributed by atoms with Crippen LogP contribution >= 0.6 is 23.2 Å². The van der Waals surface area contributed by atoms with Crippen molar-refractivity contribution < 1.29 is 19.1 Å². The Hall–Kier alpha value is -2.77. The molecular weight excluding hydrogens is 396 g/mol. The monoisotopic (exact) mass is 408 g/mol. The maximum Gasteiger partial charge on any atom is 0.319 e. The summed E-state index contributed by atoms with van der Waals surface area (Å²) in [6.07, 6.45) is 1.34. The molecule has 0 fully saturated rings. The van der Waals surface area contributed by atoms with E-state index in [1.54, 1.807) is 6.07 Å². The number of rotatable bonds is 5. The van der Waals surface area contributed by atoms with Crippen molar-refractivity contribution in [2.75, 3.05) is 5.32 Å². The Bertz CT molecular complexity index is 1020. The number of amides is 2. The first-order valence-electron chi connectivity index (χ1n) is 7.83. The first-order valence-corrected chi connectivity index (χ1v) is 8.58. The minimum atomic E-state index is -1.50. The molecule has 1 aromatic heterocycles. The van der Waals surface area contributed by atoms with E-state index in [2.05, 4.69) is 15.6 Å². The average Bonchev–Trinajstić information content (AvgIpc) is 3.01. The van der Waals surface area contributed by atoms with Gasteiger partial charge >= 0.3 is 6.03 Å². The topological polar surface area (TPSA) is 97.1 Å². The van der Waals surface area contributed by atoms with E-state index in [1.807, 2.05) is 0 Å². The number of hydrogen-bond acceptors (Lipinski definition) is 3. The third-order valence-corrected chi connectivity index (χ3v) is 4.48. The number of aromatic nitrogens is 1. The molecule has 1 heterocycles. The smallest absolute Gasteiger partial charge is 0.319 e. The number of aromatic amines is 1. The molecule has 6 nitrogen and oxygen atoms in total. The van der Waals surface area contributed by atoms with Crippen LogP contribution in [0.2, 0.25) is 10.0 Å². The van der Waals surface area contributed by atoms with Gasteiger partial charge in [0.25, 0.3) is 0 Å². The number of hydrogen-bond donors (Lipinski definition) is 3. The third kappa shape index (κ3) is 4.32. The highest BCUT2D eigenvalue weighted by atomic mass is 35.5. The predicted molar refractivity (Wildman–Crippen MR) is 99.4 cm³/mol. The molecule has 9 heteroatoms. The van der Waals surface area contributed by atoms with E-state index in [1.165, 1.54) is 36.5 Å². The number of fused-ring (bicyclic) bond motifs is 1. The first kappa shape index (κ1) is 19.0. The Kier molecular flexibility index (Phi) is 5.53. The van der Waals surface area contributed by atoms with Crippen molar-refractivity contribution in [1.29, 1.82) is 0 Å². The number of urea groups is 1. The molecule has 0 saturated carbocycles. The standard InChI is InChI=1S/C18H14Cl2FN3O3/c19-10-4-5-13(11(20)7-10)23-18(27)24-15(17(25)26)6-9-8-22-14-3-1-2-12(21)16(9)14/h1-5,7-8,15,22H,6H2,(H,25,26)(H2,23,24,27)/p-1. The van der Waals surface area contributed by atoms with E-state index in [0.29, 0.717) is 16.1 Å². The van der Waals surface area contributed by atoms with Crippen LogP contribution in [0.1, 0.15) is 5.56 Å². The average molecular weight is 409 g/mol. The number of carbonyl (C=O) groups is 2. The van der Waals surface area contributed by atoms with Gasteiger partial charge in [-0.3, -0.25) is 0 Å². The second-order valence-electron chi connectivity index (χ2n) is 5.77. The van der Waals surface area contributed by atoms with Crippen LogP contribution < -0.4 is 15.7 Å². The molecule has 140 valence electrons. The zero-order valence-electron chi connectivity index (χ0n) is 13.7. The summed E-state index contributed by atoms with van der Waals surface area (Å²) in [7, 11) is 0.